The van der Waals surface area contributed by atoms with Crippen LogP contribution in [0.5, 0.6) is 0 Å². The molecule has 8 nitrogen and oxygen atoms in total. The molecule has 1 fully saturated rings. The first kappa shape index (κ1) is 15.3. The molecule has 1 N–H and O–H groups in total. The first-order valence-corrected chi connectivity index (χ1v) is 8.69. The van der Waals surface area contributed by atoms with Gasteiger partial charge in [0.25, 0.3) is 0 Å². The van der Waals surface area contributed by atoms with E-state index in [-0.39, 0.29) is 0 Å². The fourth-order valence-electron chi connectivity index (χ4n) is 3.17. The Balaban J connectivity index is 1.51. The van der Waals surface area contributed by atoms with Crippen LogP contribution in [-0.4, -0.2) is 51.0 Å². The highest BCUT2D eigenvalue weighted by Crippen LogP contribution is 2.18. The molecule has 0 amide bonds. The van der Waals surface area contributed by atoms with Gasteiger partial charge in [-0.05, 0) is 12.8 Å². The summed E-state index contributed by atoms with van der Waals surface area (Å²) < 4.78 is 7.62. The number of aromatic nitrogens is 5. The summed E-state index contributed by atoms with van der Waals surface area (Å²) in [5.74, 6) is 3.70. The van der Waals surface area contributed by atoms with Crippen LogP contribution in [-0.2, 0) is 30.7 Å². The molecule has 0 bridgehead atoms. The molecule has 0 atom stereocenters. The minimum Gasteiger partial charge on any atom is -0.378 e. The fraction of sp³-hybridized carbons (Fsp3) is 0.625. The second-order valence-corrected chi connectivity index (χ2v) is 6.14. The van der Waals surface area contributed by atoms with Gasteiger partial charge in [-0.25, -0.2) is 4.98 Å². The number of fused-ring (bicyclic) bond motifs is 1. The van der Waals surface area contributed by atoms with Gasteiger partial charge >= 0.3 is 0 Å². The number of rotatable bonds is 5. The standard InChI is InChI=1S/C16H23N7O/c1-2-12-10-13(19-16(18-12)22-6-8-24-9-7-22)17-11-15-21-20-14-4-3-5-23(14)15/h10H,2-9,11H2,1H3,(H,17,18,19). The zero-order valence-electron chi connectivity index (χ0n) is 14.0. The molecule has 2 aromatic rings. The molecule has 4 heterocycles. The van der Waals surface area contributed by atoms with Crippen molar-refractivity contribution < 1.29 is 4.74 Å². The normalized spacial score (nSPS) is 17.1. The summed E-state index contributed by atoms with van der Waals surface area (Å²) >= 11 is 0. The van der Waals surface area contributed by atoms with E-state index in [1.54, 1.807) is 0 Å². The van der Waals surface area contributed by atoms with Crippen molar-refractivity contribution in [1.29, 1.82) is 0 Å². The van der Waals surface area contributed by atoms with Crippen LogP contribution < -0.4 is 10.2 Å². The average Bonchev–Trinajstić information content (AvgIpc) is 3.24. The summed E-state index contributed by atoms with van der Waals surface area (Å²) in [6, 6.07) is 2.02. The number of nitrogens with one attached hydrogen (secondary N) is 1. The summed E-state index contributed by atoms with van der Waals surface area (Å²) in [6.07, 6.45) is 3.07. The Morgan fingerprint density at radius 3 is 2.88 bits per heavy atom. The first-order valence-electron chi connectivity index (χ1n) is 8.69. The lowest BCUT2D eigenvalue weighted by molar-refractivity contribution is 0.122. The zero-order valence-corrected chi connectivity index (χ0v) is 14.0. The molecule has 0 spiro atoms. The summed E-state index contributed by atoms with van der Waals surface area (Å²) in [6.45, 7) is 6.90. The number of hydrogen-bond donors (Lipinski definition) is 1. The van der Waals surface area contributed by atoms with Crippen LogP contribution in [0.1, 0.15) is 30.7 Å². The Morgan fingerprint density at radius 2 is 2.04 bits per heavy atom. The van der Waals surface area contributed by atoms with E-state index in [0.717, 1.165) is 81.2 Å². The van der Waals surface area contributed by atoms with Gasteiger partial charge in [-0.15, -0.1) is 10.2 Å². The zero-order chi connectivity index (χ0) is 16.4. The van der Waals surface area contributed by atoms with Crippen LogP contribution in [0.15, 0.2) is 6.07 Å². The van der Waals surface area contributed by atoms with Crippen molar-refractivity contribution in [3.05, 3.63) is 23.4 Å². The van der Waals surface area contributed by atoms with Crippen LogP contribution in [0, 0.1) is 0 Å². The highest BCUT2D eigenvalue weighted by atomic mass is 16.5. The molecule has 8 heteroatoms. The summed E-state index contributed by atoms with van der Waals surface area (Å²) in [5, 5.41) is 11.9. The second kappa shape index (κ2) is 6.72. The Labute approximate surface area is 141 Å². The Hall–Kier alpha value is -2.22. The minimum absolute atomic E-state index is 0.635. The molecule has 0 aliphatic carbocycles. The van der Waals surface area contributed by atoms with Crippen molar-refractivity contribution in [2.24, 2.45) is 0 Å². The number of morpholine rings is 1. The predicted octanol–water partition coefficient (Wildman–Crippen LogP) is 1.03. The summed E-state index contributed by atoms with van der Waals surface area (Å²) in [4.78, 5) is 11.5. The molecule has 24 heavy (non-hydrogen) atoms. The molecule has 0 aromatic carbocycles. The third kappa shape index (κ3) is 3.06. The first-order chi connectivity index (χ1) is 11.8. The van der Waals surface area contributed by atoms with Gasteiger partial charge in [-0.3, -0.25) is 0 Å². The van der Waals surface area contributed by atoms with Crippen LogP contribution in [0.25, 0.3) is 0 Å². The van der Waals surface area contributed by atoms with Crippen molar-refractivity contribution in [3.8, 4) is 0 Å². The molecule has 4 rings (SSSR count). The van der Waals surface area contributed by atoms with Gasteiger partial charge in [0.15, 0.2) is 5.82 Å². The van der Waals surface area contributed by atoms with E-state index in [4.69, 9.17) is 4.74 Å². The lowest BCUT2D eigenvalue weighted by Crippen LogP contribution is -2.37. The molecule has 0 radical (unpaired) electrons. The number of aryl methyl sites for hydroxylation is 2. The molecule has 2 aromatic heterocycles. The van der Waals surface area contributed by atoms with Crippen LogP contribution in [0.3, 0.4) is 0 Å². The second-order valence-electron chi connectivity index (χ2n) is 6.14. The summed E-state index contributed by atoms with van der Waals surface area (Å²) in [5.41, 5.74) is 1.04. The van der Waals surface area contributed by atoms with E-state index in [0.29, 0.717) is 6.54 Å². The van der Waals surface area contributed by atoms with Gasteiger partial charge < -0.3 is 19.5 Å². The van der Waals surface area contributed by atoms with E-state index in [1.165, 1.54) is 0 Å². The van der Waals surface area contributed by atoms with Crippen molar-refractivity contribution in [1.82, 2.24) is 24.7 Å². The van der Waals surface area contributed by atoms with Crippen molar-refractivity contribution in [2.45, 2.75) is 39.3 Å². The van der Waals surface area contributed by atoms with Crippen molar-refractivity contribution in [2.75, 3.05) is 36.5 Å². The van der Waals surface area contributed by atoms with Crippen LogP contribution in [0.4, 0.5) is 11.8 Å². The largest absolute Gasteiger partial charge is 0.378 e. The maximum atomic E-state index is 5.42. The summed E-state index contributed by atoms with van der Waals surface area (Å²) in [7, 11) is 0. The van der Waals surface area contributed by atoms with Crippen LogP contribution in [0.2, 0.25) is 0 Å². The molecule has 0 unspecified atom stereocenters. The molecule has 0 saturated carbocycles. The van der Waals surface area contributed by atoms with Crippen molar-refractivity contribution in [3.63, 3.8) is 0 Å². The van der Waals surface area contributed by atoms with E-state index in [9.17, 15) is 0 Å². The van der Waals surface area contributed by atoms with E-state index in [1.807, 2.05) is 6.07 Å². The Kier molecular flexibility index (Phi) is 4.29. The Bertz CT molecular complexity index is 708. The molecular weight excluding hydrogens is 306 g/mol. The third-order valence-electron chi connectivity index (χ3n) is 4.54. The minimum atomic E-state index is 0.635. The van der Waals surface area contributed by atoms with Gasteiger partial charge in [0.2, 0.25) is 5.95 Å². The topological polar surface area (TPSA) is 81.0 Å². The molecule has 2 aliphatic rings. The smallest absolute Gasteiger partial charge is 0.227 e. The quantitative estimate of drug-likeness (QED) is 0.877. The monoisotopic (exact) mass is 329 g/mol. The lowest BCUT2D eigenvalue weighted by Gasteiger charge is -2.27. The SMILES string of the molecule is CCc1cc(NCc2nnc3n2CCC3)nc(N2CCOCC2)n1. The van der Waals surface area contributed by atoms with Gasteiger partial charge in [-0.2, -0.15) is 4.98 Å². The van der Waals surface area contributed by atoms with E-state index in [2.05, 4.69) is 41.9 Å². The maximum absolute atomic E-state index is 5.42. The van der Waals surface area contributed by atoms with Gasteiger partial charge in [0, 0.05) is 37.8 Å². The Morgan fingerprint density at radius 1 is 1.17 bits per heavy atom. The number of nitrogens with zero attached hydrogens (tertiary/aromatic N) is 6. The predicted molar refractivity (Wildman–Crippen MR) is 90.1 cm³/mol. The average molecular weight is 329 g/mol. The van der Waals surface area contributed by atoms with E-state index < -0.39 is 0 Å². The highest BCUT2D eigenvalue weighted by Gasteiger charge is 2.18. The van der Waals surface area contributed by atoms with Crippen molar-refractivity contribution >= 4 is 11.8 Å². The lowest BCUT2D eigenvalue weighted by atomic mass is 10.3. The molecule has 2 aliphatic heterocycles. The molecule has 128 valence electrons. The molecular formula is C16H23N7O. The molecule has 1 saturated heterocycles. The number of anilines is 2. The van der Waals surface area contributed by atoms with Gasteiger partial charge in [0.1, 0.15) is 11.6 Å². The maximum Gasteiger partial charge on any atom is 0.227 e. The third-order valence-corrected chi connectivity index (χ3v) is 4.54. The fourth-order valence-corrected chi connectivity index (χ4v) is 3.17. The number of ether oxygens (including phenoxy) is 1. The van der Waals surface area contributed by atoms with Gasteiger partial charge in [0.05, 0.1) is 19.8 Å². The van der Waals surface area contributed by atoms with Gasteiger partial charge in [-0.1, -0.05) is 6.92 Å². The number of hydrogen-bond acceptors (Lipinski definition) is 7. The van der Waals surface area contributed by atoms with Crippen LogP contribution >= 0.6 is 0 Å². The highest BCUT2D eigenvalue weighted by molar-refractivity contribution is 5.44. The van der Waals surface area contributed by atoms with E-state index >= 15 is 0 Å².